The number of pyridine rings is 1. The zero-order valence-corrected chi connectivity index (χ0v) is 16.4. The van der Waals surface area contributed by atoms with E-state index in [0.717, 1.165) is 24.5 Å². The van der Waals surface area contributed by atoms with Crippen LogP contribution >= 0.6 is 0 Å². The van der Waals surface area contributed by atoms with E-state index in [0.29, 0.717) is 30.3 Å². The smallest absolute Gasteiger partial charge is 0.246 e. The second kappa shape index (κ2) is 9.12. The van der Waals surface area contributed by atoms with Gasteiger partial charge in [0.25, 0.3) is 0 Å². The highest BCUT2D eigenvalue weighted by Crippen LogP contribution is 2.40. The summed E-state index contributed by atoms with van der Waals surface area (Å²) in [5.74, 6) is 2.53. The Hall–Kier alpha value is -3.22. The number of carbonyl (C=O) groups excluding carboxylic acids is 1. The lowest BCUT2D eigenvalue weighted by Crippen LogP contribution is -2.48. The standard InChI is InChI=1S/C21H25N3O4/c1-26-17-9-7-16(20(27-2)21(17)28-3)8-10-19(25)24-14-12-23(13-15-24)18-6-4-5-11-22-18/h4-11H,12-15H2,1-3H3. The van der Waals surface area contributed by atoms with Gasteiger partial charge in [-0.25, -0.2) is 4.98 Å². The topological polar surface area (TPSA) is 64.1 Å². The van der Waals surface area contributed by atoms with Gasteiger partial charge in [-0.2, -0.15) is 0 Å². The number of hydrogen-bond acceptors (Lipinski definition) is 6. The maximum Gasteiger partial charge on any atom is 0.246 e. The maximum atomic E-state index is 12.6. The highest BCUT2D eigenvalue weighted by atomic mass is 16.5. The van der Waals surface area contributed by atoms with Crippen LogP contribution in [-0.4, -0.2) is 63.3 Å². The van der Waals surface area contributed by atoms with E-state index in [4.69, 9.17) is 14.2 Å². The summed E-state index contributed by atoms with van der Waals surface area (Å²) in [5.41, 5.74) is 0.751. The number of amides is 1. The van der Waals surface area contributed by atoms with Crippen molar-refractivity contribution in [2.75, 3.05) is 52.4 Å². The molecule has 2 aromatic rings. The number of hydrogen-bond donors (Lipinski definition) is 0. The fraction of sp³-hybridized carbons (Fsp3) is 0.333. The summed E-state index contributed by atoms with van der Waals surface area (Å²) < 4.78 is 16.1. The van der Waals surface area contributed by atoms with Crippen LogP contribution in [0, 0.1) is 0 Å². The van der Waals surface area contributed by atoms with Crippen molar-refractivity contribution in [3.63, 3.8) is 0 Å². The Morgan fingerprint density at radius 2 is 1.71 bits per heavy atom. The Labute approximate surface area is 165 Å². The molecule has 0 saturated carbocycles. The predicted molar refractivity (Wildman–Crippen MR) is 108 cm³/mol. The van der Waals surface area contributed by atoms with Gasteiger partial charge in [-0.1, -0.05) is 6.07 Å². The number of methoxy groups -OCH3 is 3. The van der Waals surface area contributed by atoms with E-state index >= 15 is 0 Å². The molecule has 28 heavy (non-hydrogen) atoms. The van der Waals surface area contributed by atoms with Gasteiger partial charge in [0.05, 0.1) is 21.3 Å². The van der Waals surface area contributed by atoms with Crippen LogP contribution in [0.1, 0.15) is 5.56 Å². The molecule has 148 valence electrons. The van der Waals surface area contributed by atoms with E-state index in [2.05, 4.69) is 9.88 Å². The summed E-state index contributed by atoms with van der Waals surface area (Å²) in [6.07, 6.45) is 5.10. The Kier molecular flexibility index (Phi) is 6.37. The Bertz CT molecular complexity index is 831. The number of piperazine rings is 1. The summed E-state index contributed by atoms with van der Waals surface area (Å²) in [6.45, 7) is 2.83. The molecule has 1 amide bonds. The minimum Gasteiger partial charge on any atom is -0.493 e. The second-order valence-electron chi connectivity index (χ2n) is 6.26. The molecule has 0 bridgehead atoms. The van der Waals surface area contributed by atoms with Crippen molar-refractivity contribution in [2.45, 2.75) is 0 Å². The number of aromatic nitrogens is 1. The van der Waals surface area contributed by atoms with Gasteiger partial charge in [-0.05, 0) is 30.3 Å². The molecule has 0 spiro atoms. The van der Waals surface area contributed by atoms with Gasteiger partial charge in [0.2, 0.25) is 11.7 Å². The van der Waals surface area contributed by atoms with Crippen LogP contribution in [0.15, 0.2) is 42.6 Å². The highest BCUT2D eigenvalue weighted by Gasteiger charge is 2.21. The van der Waals surface area contributed by atoms with Gasteiger partial charge in [0.15, 0.2) is 11.5 Å². The van der Waals surface area contributed by atoms with E-state index in [1.165, 1.54) is 0 Å². The van der Waals surface area contributed by atoms with E-state index < -0.39 is 0 Å². The van der Waals surface area contributed by atoms with Gasteiger partial charge < -0.3 is 24.0 Å². The first-order valence-corrected chi connectivity index (χ1v) is 9.10. The van der Waals surface area contributed by atoms with Crippen molar-refractivity contribution in [3.8, 4) is 17.2 Å². The molecule has 1 fully saturated rings. The van der Waals surface area contributed by atoms with Crippen molar-refractivity contribution >= 4 is 17.8 Å². The monoisotopic (exact) mass is 383 g/mol. The third-order valence-corrected chi connectivity index (χ3v) is 4.70. The van der Waals surface area contributed by atoms with Crippen LogP contribution in [0.2, 0.25) is 0 Å². The van der Waals surface area contributed by atoms with Crippen LogP contribution in [0.25, 0.3) is 6.08 Å². The molecule has 1 aromatic carbocycles. The van der Waals surface area contributed by atoms with Gasteiger partial charge in [-0.3, -0.25) is 4.79 Å². The number of ether oxygens (including phenoxy) is 3. The van der Waals surface area contributed by atoms with Gasteiger partial charge in [-0.15, -0.1) is 0 Å². The molecule has 3 rings (SSSR count). The lowest BCUT2D eigenvalue weighted by Gasteiger charge is -2.34. The van der Waals surface area contributed by atoms with Crippen molar-refractivity contribution in [3.05, 3.63) is 48.2 Å². The normalized spacial score (nSPS) is 14.2. The zero-order chi connectivity index (χ0) is 19.9. The first-order chi connectivity index (χ1) is 13.7. The molecule has 0 radical (unpaired) electrons. The van der Waals surface area contributed by atoms with Gasteiger partial charge in [0.1, 0.15) is 5.82 Å². The number of nitrogens with zero attached hydrogens (tertiary/aromatic N) is 3. The molecule has 1 aliphatic heterocycles. The van der Waals surface area contributed by atoms with Crippen LogP contribution in [0.4, 0.5) is 5.82 Å². The molecule has 7 nitrogen and oxygen atoms in total. The maximum absolute atomic E-state index is 12.6. The summed E-state index contributed by atoms with van der Waals surface area (Å²) in [6, 6.07) is 9.48. The zero-order valence-electron chi connectivity index (χ0n) is 16.4. The SMILES string of the molecule is COc1ccc(C=CC(=O)N2CCN(c3ccccn3)CC2)c(OC)c1OC. The minimum atomic E-state index is -0.0301. The summed E-state index contributed by atoms with van der Waals surface area (Å²) >= 11 is 0. The van der Waals surface area contributed by atoms with Gasteiger partial charge >= 0.3 is 0 Å². The van der Waals surface area contributed by atoms with E-state index in [1.54, 1.807) is 45.7 Å². The second-order valence-corrected chi connectivity index (χ2v) is 6.26. The minimum absolute atomic E-state index is 0.0301. The van der Waals surface area contributed by atoms with E-state index in [9.17, 15) is 4.79 Å². The number of rotatable bonds is 6. The Morgan fingerprint density at radius 3 is 2.32 bits per heavy atom. The van der Waals surface area contributed by atoms with Crippen LogP contribution < -0.4 is 19.1 Å². The summed E-state index contributed by atoms with van der Waals surface area (Å²) in [5, 5.41) is 0. The third kappa shape index (κ3) is 4.19. The molecular formula is C21H25N3O4. The summed E-state index contributed by atoms with van der Waals surface area (Å²) in [4.78, 5) is 21.0. The fourth-order valence-electron chi connectivity index (χ4n) is 3.22. The average Bonchev–Trinajstić information content (AvgIpc) is 2.77. The van der Waals surface area contributed by atoms with Gasteiger partial charge in [0, 0.05) is 44.0 Å². The van der Waals surface area contributed by atoms with Crippen LogP contribution in [0.3, 0.4) is 0 Å². The van der Waals surface area contributed by atoms with E-state index in [1.807, 2.05) is 29.2 Å². The molecule has 1 aliphatic rings. The first kappa shape index (κ1) is 19.5. The molecule has 0 atom stereocenters. The summed E-state index contributed by atoms with van der Waals surface area (Å²) in [7, 11) is 4.69. The van der Waals surface area contributed by atoms with Crippen molar-refractivity contribution in [2.24, 2.45) is 0 Å². The third-order valence-electron chi connectivity index (χ3n) is 4.70. The molecule has 0 N–H and O–H groups in total. The fourth-order valence-corrected chi connectivity index (χ4v) is 3.22. The number of benzene rings is 1. The molecule has 2 heterocycles. The lowest BCUT2D eigenvalue weighted by atomic mass is 10.1. The molecule has 7 heteroatoms. The largest absolute Gasteiger partial charge is 0.493 e. The van der Waals surface area contributed by atoms with E-state index in [-0.39, 0.29) is 5.91 Å². The van der Waals surface area contributed by atoms with Crippen LogP contribution in [-0.2, 0) is 4.79 Å². The first-order valence-electron chi connectivity index (χ1n) is 9.10. The molecule has 1 saturated heterocycles. The van der Waals surface area contributed by atoms with Crippen LogP contribution in [0.5, 0.6) is 17.2 Å². The molecular weight excluding hydrogens is 358 g/mol. The average molecular weight is 383 g/mol. The molecule has 1 aromatic heterocycles. The lowest BCUT2D eigenvalue weighted by molar-refractivity contribution is -0.126. The van der Waals surface area contributed by atoms with Crippen molar-refractivity contribution in [1.29, 1.82) is 0 Å². The molecule has 0 aliphatic carbocycles. The highest BCUT2D eigenvalue weighted by molar-refractivity contribution is 5.92. The molecule has 0 unspecified atom stereocenters. The number of anilines is 1. The Morgan fingerprint density at radius 1 is 0.964 bits per heavy atom. The Balaban J connectivity index is 1.66. The van der Waals surface area contributed by atoms with Crippen molar-refractivity contribution in [1.82, 2.24) is 9.88 Å². The number of carbonyl (C=O) groups is 1. The quantitative estimate of drug-likeness (QED) is 0.714. The predicted octanol–water partition coefficient (Wildman–Crippen LogP) is 2.47. The van der Waals surface area contributed by atoms with Crippen molar-refractivity contribution < 1.29 is 19.0 Å².